The van der Waals surface area contributed by atoms with E-state index in [0.29, 0.717) is 0 Å². The van der Waals surface area contributed by atoms with E-state index in [4.69, 9.17) is 5.73 Å². The third-order valence-electron chi connectivity index (χ3n) is 5.50. The maximum Gasteiger partial charge on any atom is 0.0332 e. The van der Waals surface area contributed by atoms with Gasteiger partial charge in [0.1, 0.15) is 0 Å². The van der Waals surface area contributed by atoms with E-state index in [2.05, 4.69) is 50.9 Å². The maximum absolute atomic E-state index is 6.20. The molecule has 0 aromatic heterocycles. The molecule has 0 saturated heterocycles. The topological polar surface area (TPSA) is 29.3 Å². The summed E-state index contributed by atoms with van der Waals surface area (Å²) in [7, 11) is 2.26. The molecular weight excluding hydrogens is 256 g/mol. The van der Waals surface area contributed by atoms with Gasteiger partial charge in [-0.15, -0.1) is 0 Å². The molecule has 0 radical (unpaired) electrons. The zero-order valence-corrected chi connectivity index (χ0v) is 14.3. The molecule has 2 nitrogen and oxygen atoms in total. The number of hydrogen-bond acceptors (Lipinski definition) is 2. The first-order chi connectivity index (χ1) is 9.99. The number of likely N-dealkylation sites (N-methyl/N-ethyl adjacent to an activating group) is 1. The van der Waals surface area contributed by atoms with Gasteiger partial charge in [-0.1, -0.05) is 42.7 Å². The molecule has 1 aliphatic rings. The standard InChI is InChI=1S/C19H32N2/c1-5-17-6-8-19(14-20,9-7-17)21(4)13-18-11-15(2)10-16(3)12-18/h10-12,17H,5-9,13-14,20H2,1-4H3. The maximum atomic E-state index is 6.20. The van der Waals surface area contributed by atoms with Gasteiger partial charge in [-0.3, -0.25) is 4.90 Å². The summed E-state index contributed by atoms with van der Waals surface area (Å²) in [5.74, 6) is 0.916. The lowest BCUT2D eigenvalue weighted by Gasteiger charge is -2.46. The van der Waals surface area contributed by atoms with Crippen molar-refractivity contribution in [1.29, 1.82) is 0 Å². The fraction of sp³-hybridized carbons (Fsp3) is 0.684. The molecular formula is C19H32N2. The van der Waals surface area contributed by atoms with Crippen LogP contribution in [0.2, 0.25) is 0 Å². The molecule has 0 spiro atoms. The lowest BCUT2D eigenvalue weighted by molar-refractivity contribution is 0.0579. The van der Waals surface area contributed by atoms with Crippen molar-refractivity contribution in [2.45, 2.75) is 65.0 Å². The molecule has 2 rings (SSSR count). The third-order valence-corrected chi connectivity index (χ3v) is 5.50. The lowest BCUT2D eigenvalue weighted by atomic mass is 9.74. The predicted octanol–water partition coefficient (Wildman–Crippen LogP) is 4.03. The van der Waals surface area contributed by atoms with Gasteiger partial charge in [-0.25, -0.2) is 0 Å². The molecule has 0 bridgehead atoms. The van der Waals surface area contributed by atoms with E-state index in [0.717, 1.165) is 19.0 Å². The Morgan fingerprint density at radius 2 is 1.71 bits per heavy atom. The predicted molar refractivity (Wildman–Crippen MR) is 91.4 cm³/mol. The summed E-state index contributed by atoms with van der Waals surface area (Å²) in [6.45, 7) is 8.48. The molecule has 0 unspecified atom stereocenters. The lowest BCUT2D eigenvalue weighted by Crippen LogP contribution is -2.53. The molecule has 0 atom stereocenters. The summed E-state index contributed by atoms with van der Waals surface area (Å²) in [6.07, 6.45) is 6.50. The first kappa shape index (κ1) is 16.5. The fourth-order valence-corrected chi connectivity index (χ4v) is 3.97. The van der Waals surface area contributed by atoms with Crippen LogP contribution in [0, 0.1) is 19.8 Å². The van der Waals surface area contributed by atoms with Gasteiger partial charge in [0.15, 0.2) is 0 Å². The quantitative estimate of drug-likeness (QED) is 0.886. The second-order valence-corrected chi connectivity index (χ2v) is 7.13. The van der Waals surface area contributed by atoms with Crippen molar-refractivity contribution in [3.05, 3.63) is 34.9 Å². The number of benzene rings is 1. The van der Waals surface area contributed by atoms with Crippen LogP contribution in [0.1, 0.15) is 55.7 Å². The monoisotopic (exact) mass is 288 g/mol. The van der Waals surface area contributed by atoms with Crippen molar-refractivity contribution in [2.24, 2.45) is 11.7 Å². The Bertz CT molecular complexity index is 438. The highest BCUT2D eigenvalue weighted by Crippen LogP contribution is 2.37. The number of hydrogen-bond donors (Lipinski definition) is 1. The van der Waals surface area contributed by atoms with Crippen molar-refractivity contribution in [3.63, 3.8) is 0 Å². The average molecular weight is 288 g/mol. The van der Waals surface area contributed by atoms with Gasteiger partial charge in [0.05, 0.1) is 0 Å². The van der Waals surface area contributed by atoms with E-state index < -0.39 is 0 Å². The zero-order valence-electron chi connectivity index (χ0n) is 14.3. The molecule has 0 amide bonds. The van der Waals surface area contributed by atoms with E-state index in [1.807, 2.05) is 0 Å². The van der Waals surface area contributed by atoms with Crippen LogP contribution < -0.4 is 5.73 Å². The van der Waals surface area contributed by atoms with Gasteiger partial charge in [0.2, 0.25) is 0 Å². The SMILES string of the molecule is CCC1CCC(CN)(N(C)Cc2cc(C)cc(C)c2)CC1. The number of nitrogens with two attached hydrogens (primary N) is 1. The number of aryl methyl sites for hydroxylation is 2. The Labute approximate surface area is 130 Å². The van der Waals surface area contributed by atoms with Crippen molar-refractivity contribution in [2.75, 3.05) is 13.6 Å². The minimum absolute atomic E-state index is 0.212. The van der Waals surface area contributed by atoms with Crippen LogP contribution in [0.3, 0.4) is 0 Å². The van der Waals surface area contributed by atoms with E-state index in [1.54, 1.807) is 0 Å². The summed E-state index contributed by atoms with van der Waals surface area (Å²) in [5, 5.41) is 0. The van der Waals surface area contributed by atoms with Gasteiger partial charge in [0, 0.05) is 18.6 Å². The second kappa shape index (κ2) is 6.93. The molecule has 118 valence electrons. The zero-order chi connectivity index (χ0) is 15.5. The molecule has 21 heavy (non-hydrogen) atoms. The van der Waals surface area contributed by atoms with E-state index in [9.17, 15) is 0 Å². The van der Waals surface area contributed by atoms with Crippen LogP contribution in [0.5, 0.6) is 0 Å². The smallest absolute Gasteiger partial charge is 0.0332 e. The Morgan fingerprint density at radius 1 is 1.14 bits per heavy atom. The van der Waals surface area contributed by atoms with Crippen LogP contribution >= 0.6 is 0 Å². The van der Waals surface area contributed by atoms with Crippen LogP contribution in [0.25, 0.3) is 0 Å². The molecule has 1 aromatic carbocycles. The highest BCUT2D eigenvalue weighted by Gasteiger charge is 2.37. The van der Waals surface area contributed by atoms with Crippen LogP contribution in [-0.4, -0.2) is 24.0 Å². The summed E-state index contributed by atoms with van der Waals surface area (Å²) in [5.41, 5.74) is 10.5. The molecule has 0 heterocycles. The van der Waals surface area contributed by atoms with Gasteiger partial charge in [-0.2, -0.15) is 0 Å². The minimum atomic E-state index is 0.212. The Hall–Kier alpha value is -0.860. The molecule has 1 saturated carbocycles. The van der Waals surface area contributed by atoms with Crippen molar-refractivity contribution >= 4 is 0 Å². The van der Waals surface area contributed by atoms with Crippen LogP contribution in [0.4, 0.5) is 0 Å². The van der Waals surface area contributed by atoms with Crippen LogP contribution in [0.15, 0.2) is 18.2 Å². The number of nitrogens with zero attached hydrogens (tertiary/aromatic N) is 1. The average Bonchev–Trinajstić information content (AvgIpc) is 2.46. The van der Waals surface area contributed by atoms with Gasteiger partial charge in [-0.05, 0) is 58.1 Å². The molecule has 1 aliphatic carbocycles. The molecule has 2 N–H and O–H groups in total. The first-order valence-corrected chi connectivity index (χ1v) is 8.47. The largest absolute Gasteiger partial charge is 0.329 e. The van der Waals surface area contributed by atoms with Gasteiger partial charge >= 0.3 is 0 Å². The Balaban J connectivity index is 2.08. The normalized spacial score (nSPS) is 26.3. The van der Waals surface area contributed by atoms with E-state index >= 15 is 0 Å². The van der Waals surface area contributed by atoms with Crippen LogP contribution in [-0.2, 0) is 6.54 Å². The second-order valence-electron chi connectivity index (χ2n) is 7.13. The van der Waals surface area contributed by atoms with Gasteiger partial charge < -0.3 is 5.73 Å². The Morgan fingerprint density at radius 3 is 2.19 bits per heavy atom. The summed E-state index contributed by atoms with van der Waals surface area (Å²) in [4.78, 5) is 2.52. The highest BCUT2D eigenvalue weighted by molar-refractivity contribution is 5.28. The molecule has 2 heteroatoms. The minimum Gasteiger partial charge on any atom is -0.329 e. The molecule has 1 aromatic rings. The first-order valence-electron chi connectivity index (χ1n) is 8.47. The summed E-state index contributed by atoms with van der Waals surface area (Å²) >= 11 is 0. The van der Waals surface area contributed by atoms with E-state index in [-0.39, 0.29) is 5.54 Å². The molecule has 1 fully saturated rings. The fourth-order valence-electron chi connectivity index (χ4n) is 3.97. The van der Waals surface area contributed by atoms with Gasteiger partial charge in [0.25, 0.3) is 0 Å². The van der Waals surface area contributed by atoms with Crippen molar-refractivity contribution in [3.8, 4) is 0 Å². The summed E-state index contributed by atoms with van der Waals surface area (Å²) in [6, 6.07) is 6.87. The highest BCUT2D eigenvalue weighted by atomic mass is 15.2. The van der Waals surface area contributed by atoms with Crippen molar-refractivity contribution in [1.82, 2.24) is 4.90 Å². The van der Waals surface area contributed by atoms with Crippen molar-refractivity contribution < 1.29 is 0 Å². The van der Waals surface area contributed by atoms with E-state index in [1.165, 1.54) is 48.8 Å². The Kier molecular flexibility index (Phi) is 5.45. The number of rotatable bonds is 5. The third kappa shape index (κ3) is 3.87. The summed E-state index contributed by atoms with van der Waals surface area (Å²) < 4.78 is 0. The molecule has 0 aliphatic heterocycles.